The van der Waals surface area contributed by atoms with Crippen molar-refractivity contribution < 1.29 is 35.5 Å². The number of amides is 1. The number of sulfone groups is 1. The Morgan fingerprint density at radius 2 is 1.72 bits per heavy atom. The number of sulfonamides is 1. The average Bonchev–Trinajstić information content (AvgIpc) is 3.77. The Kier molecular flexibility index (Phi) is 7.96. The van der Waals surface area contributed by atoms with Gasteiger partial charge in [-0.2, -0.15) is 0 Å². The molecule has 0 spiro atoms. The van der Waals surface area contributed by atoms with Crippen LogP contribution in [0.5, 0.6) is 5.88 Å². The molecule has 39 heavy (non-hydrogen) atoms. The third-order valence-electron chi connectivity index (χ3n) is 7.58. The Morgan fingerprint density at radius 3 is 2.33 bits per heavy atom. The van der Waals surface area contributed by atoms with Crippen LogP contribution in [0.25, 0.3) is 0 Å². The first-order valence-corrected chi connectivity index (χ1v) is 16.2. The summed E-state index contributed by atoms with van der Waals surface area (Å²) in [5.74, 6) is -0.279. The first kappa shape index (κ1) is 27.9. The molecular weight excluding hydrogens is 549 g/mol. The number of carbonyl (C=O) groups is 1. The summed E-state index contributed by atoms with van der Waals surface area (Å²) in [6, 6.07) is 5.97. The second-order valence-electron chi connectivity index (χ2n) is 10.4. The van der Waals surface area contributed by atoms with Crippen LogP contribution in [-0.4, -0.2) is 70.8 Å². The zero-order valence-electron chi connectivity index (χ0n) is 21.4. The monoisotopic (exact) mass is 581 g/mol. The van der Waals surface area contributed by atoms with E-state index in [1.54, 1.807) is 17.0 Å². The second-order valence-corrected chi connectivity index (χ2v) is 14.2. The Balaban J connectivity index is 1.26. The summed E-state index contributed by atoms with van der Waals surface area (Å²) in [4.78, 5) is 18.6. The normalized spacial score (nSPS) is 19.7. The first-order chi connectivity index (χ1) is 18.5. The summed E-state index contributed by atoms with van der Waals surface area (Å²) >= 11 is 0. The maximum Gasteiger partial charge on any atom is 0.254 e. The molecular formula is C26H32FN3O7S2. The number of piperidine rings is 1. The van der Waals surface area contributed by atoms with E-state index in [4.69, 9.17) is 14.6 Å². The lowest BCUT2D eigenvalue weighted by atomic mass is 10.0. The highest BCUT2D eigenvalue weighted by Gasteiger charge is 2.35. The van der Waals surface area contributed by atoms with E-state index in [-0.39, 0.29) is 31.8 Å². The molecule has 0 bridgehead atoms. The number of carbonyl (C=O) groups excluding carboxylic acids is 1. The number of rotatable bonds is 8. The highest BCUT2D eigenvalue weighted by Crippen LogP contribution is 2.40. The number of nitrogens with zero attached hydrogens (tertiary/aromatic N) is 2. The summed E-state index contributed by atoms with van der Waals surface area (Å²) in [5.41, 5.74) is 1.29. The Morgan fingerprint density at radius 1 is 1.03 bits per heavy atom. The molecule has 0 radical (unpaired) electrons. The number of halogens is 1. The summed E-state index contributed by atoms with van der Waals surface area (Å²) in [7, 11) is -8.26. The van der Waals surface area contributed by atoms with Crippen molar-refractivity contribution in [1.29, 1.82) is 0 Å². The predicted octanol–water partition coefficient (Wildman–Crippen LogP) is 2.63. The Labute approximate surface area is 227 Å². The number of benzene rings is 1. The van der Waals surface area contributed by atoms with Gasteiger partial charge in [0.15, 0.2) is 9.84 Å². The molecule has 5 rings (SSSR count). The van der Waals surface area contributed by atoms with Crippen LogP contribution < -0.4 is 9.88 Å². The van der Waals surface area contributed by atoms with Crippen molar-refractivity contribution in [2.75, 3.05) is 32.9 Å². The third kappa shape index (κ3) is 6.42. The standard InChI is InChI=1S/C26H32FN3O7S2/c27-22-15-21(39(28,34)35)3-4-24(22)38(32,33)20-5-9-30(10-6-20)26(31)19-13-23(18-1-2-18)29-25(14-19)37-16-17-7-11-36-12-8-17/h3-4,13-15,17-18,20H,1-2,5-12,16H2,(H2,28,34,35). The molecule has 0 atom stereocenters. The van der Waals surface area contributed by atoms with E-state index in [1.165, 1.54) is 0 Å². The minimum atomic E-state index is -4.17. The lowest BCUT2D eigenvalue weighted by Gasteiger charge is -2.32. The number of hydrogen-bond donors (Lipinski definition) is 1. The van der Waals surface area contributed by atoms with Gasteiger partial charge in [0.25, 0.3) is 5.91 Å². The van der Waals surface area contributed by atoms with Gasteiger partial charge < -0.3 is 14.4 Å². The Bertz CT molecular complexity index is 1450. The minimum Gasteiger partial charge on any atom is -0.477 e. The minimum absolute atomic E-state index is 0.123. The Hall–Kier alpha value is -2.61. The van der Waals surface area contributed by atoms with Crippen molar-refractivity contribution in [2.24, 2.45) is 11.1 Å². The molecule has 1 saturated carbocycles. The van der Waals surface area contributed by atoms with Gasteiger partial charge in [-0.15, -0.1) is 0 Å². The van der Waals surface area contributed by atoms with E-state index in [1.807, 2.05) is 0 Å². The molecule has 1 aromatic heterocycles. The van der Waals surface area contributed by atoms with E-state index < -0.39 is 40.7 Å². The van der Waals surface area contributed by atoms with Gasteiger partial charge in [0.1, 0.15) is 10.7 Å². The smallest absolute Gasteiger partial charge is 0.254 e. The van der Waals surface area contributed by atoms with Gasteiger partial charge in [-0.1, -0.05) is 0 Å². The van der Waals surface area contributed by atoms with Crippen LogP contribution in [0.1, 0.15) is 60.5 Å². The van der Waals surface area contributed by atoms with Crippen molar-refractivity contribution >= 4 is 25.8 Å². The van der Waals surface area contributed by atoms with Gasteiger partial charge in [-0.25, -0.2) is 31.3 Å². The van der Waals surface area contributed by atoms with Crippen molar-refractivity contribution in [2.45, 2.75) is 59.5 Å². The summed E-state index contributed by atoms with van der Waals surface area (Å²) in [5, 5.41) is 4.10. The number of pyridine rings is 1. The molecule has 2 N–H and O–H groups in total. The van der Waals surface area contributed by atoms with Gasteiger partial charge >= 0.3 is 0 Å². The SMILES string of the molecule is NS(=O)(=O)c1ccc(S(=O)(=O)C2CCN(C(=O)c3cc(OCC4CCOCC4)nc(C4CC4)c3)CC2)c(F)c1. The maximum atomic E-state index is 14.6. The number of aromatic nitrogens is 1. The van der Waals surface area contributed by atoms with Gasteiger partial charge in [-0.3, -0.25) is 4.79 Å². The second kappa shape index (κ2) is 11.1. The number of likely N-dealkylation sites (tertiary alicyclic amines) is 1. The fourth-order valence-electron chi connectivity index (χ4n) is 5.05. The van der Waals surface area contributed by atoms with Crippen molar-refractivity contribution in [3.63, 3.8) is 0 Å². The molecule has 2 saturated heterocycles. The third-order valence-corrected chi connectivity index (χ3v) is 10.8. The molecule has 10 nitrogen and oxygen atoms in total. The highest BCUT2D eigenvalue weighted by atomic mass is 32.2. The van der Waals surface area contributed by atoms with Crippen LogP contribution in [-0.2, 0) is 24.6 Å². The largest absolute Gasteiger partial charge is 0.477 e. The molecule has 3 heterocycles. The fraction of sp³-hybridized carbons (Fsp3) is 0.538. The molecule has 1 aromatic carbocycles. The molecule has 212 valence electrons. The van der Waals surface area contributed by atoms with Crippen molar-refractivity contribution in [3.8, 4) is 5.88 Å². The van der Waals surface area contributed by atoms with Gasteiger partial charge in [-0.05, 0) is 68.7 Å². The highest BCUT2D eigenvalue weighted by molar-refractivity contribution is 7.92. The summed E-state index contributed by atoms with van der Waals surface area (Å²) in [6.07, 6.45) is 4.12. The van der Waals surface area contributed by atoms with Gasteiger partial charge in [0, 0.05) is 49.5 Å². The lowest BCUT2D eigenvalue weighted by Crippen LogP contribution is -2.42. The quantitative estimate of drug-likeness (QED) is 0.501. The van der Waals surface area contributed by atoms with Crippen molar-refractivity contribution in [3.05, 3.63) is 47.4 Å². The number of hydrogen-bond acceptors (Lipinski definition) is 8. The van der Waals surface area contributed by atoms with Crippen LogP contribution in [0.15, 0.2) is 40.1 Å². The number of primary sulfonamides is 1. The maximum absolute atomic E-state index is 14.6. The molecule has 3 fully saturated rings. The van der Waals surface area contributed by atoms with Crippen LogP contribution in [0, 0.1) is 11.7 Å². The van der Waals surface area contributed by atoms with Gasteiger partial charge in [0.2, 0.25) is 15.9 Å². The van der Waals surface area contributed by atoms with Crippen molar-refractivity contribution in [1.82, 2.24) is 9.88 Å². The summed E-state index contributed by atoms with van der Waals surface area (Å²) < 4.78 is 75.2. The number of ether oxygens (including phenoxy) is 2. The molecule has 3 aliphatic rings. The zero-order chi connectivity index (χ0) is 27.8. The molecule has 0 unspecified atom stereocenters. The van der Waals surface area contributed by atoms with E-state index >= 15 is 0 Å². The molecule has 13 heteroatoms. The topological polar surface area (TPSA) is 146 Å². The first-order valence-electron chi connectivity index (χ1n) is 13.1. The van der Waals surface area contributed by atoms with E-state index in [0.29, 0.717) is 49.2 Å². The zero-order valence-corrected chi connectivity index (χ0v) is 23.1. The predicted molar refractivity (Wildman–Crippen MR) is 139 cm³/mol. The fourth-order valence-corrected chi connectivity index (χ4v) is 7.35. The van der Waals surface area contributed by atoms with E-state index in [9.17, 15) is 26.0 Å². The average molecular weight is 582 g/mol. The van der Waals surface area contributed by atoms with Gasteiger partial charge in [0.05, 0.1) is 16.8 Å². The van der Waals surface area contributed by atoms with Crippen LogP contribution in [0.2, 0.25) is 0 Å². The lowest BCUT2D eigenvalue weighted by molar-refractivity contribution is 0.0489. The molecule has 2 aromatic rings. The molecule has 1 amide bonds. The van der Waals surface area contributed by atoms with Crippen LogP contribution in [0.4, 0.5) is 4.39 Å². The van der Waals surface area contributed by atoms with Crippen LogP contribution in [0.3, 0.4) is 0 Å². The number of nitrogens with two attached hydrogens (primary N) is 1. The van der Waals surface area contributed by atoms with Crippen LogP contribution >= 0.6 is 0 Å². The molecule has 1 aliphatic carbocycles. The van der Waals surface area contributed by atoms with E-state index in [2.05, 4.69) is 4.98 Å². The molecule has 2 aliphatic heterocycles. The van der Waals surface area contributed by atoms with E-state index in [0.717, 1.165) is 43.5 Å². The summed E-state index contributed by atoms with van der Waals surface area (Å²) in [6.45, 7) is 2.30.